The van der Waals surface area contributed by atoms with E-state index in [0.29, 0.717) is 60.8 Å². The molecule has 2 aromatic carbocycles. The quantitative estimate of drug-likeness (QED) is 0.421. The summed E-state index contributed by atoms with van der Waals surface area (Å²) in [5, 5.41) is 18.9. The molecular formula is C28H29FN6O3. The van der Waals surface area contributed by atoms with E-state index in [4.69, 9.17) is 4.74 Å². The Morgan fingerprint density at radius 1 is 1.21 bits per heavy atom. The molecule has 0 spiro atoms. The van der Waals surface area contributed by atoms with E-state index in [-0.39, 0.29) is 24.3 Å². The summed E-state index contributed by atoms with van der Waals surface area (Å²) in [5.74, 6) is -0.328. The number of ether oxygens (including phenoxy) is 1. The number of aromatic nitrogens is 1. The van der Waals surface area contributed by atoms with Gasteiger partial charge in [0.15, 0.2) is 0 Å². The highest BCUT2D eigenvalue weighted by molar-refractivity contribution is 5.99. The minimum Gasteiger partial charge on any atom is -0.453 e. The van der Waals surface area contributed by atoms with Gasteiger partial charge in [-0.25, -0.2) is 14.2 Å². The lowest BCUT2D eigenvalue weighted by Gasteiger charge is -2.35. The third kappa shape index (κ3) is 6.44. The molecule has 1 aliphatic rings. The Kier molecular flexibility index (Phi) is 8.85. The van der Waals surface area contributed by atoms with Crippen LogP contribution in [0.4, 0.5) is 15.0 Å². The van der Waals surface area contributed by atoms with Crippen molar-refractivity contribution in [3.63, 3.8) is 0 Å². The molecule has 2 amide bonds. The maximum Gasteiger partial charge on any atom is 0.409 e. The molecule has 1 saturated heterocycles. The Morgan fingerprint density at radius 3 is 2.84 bits per heavy atom. The average Bonchev–Trinajstić information content (AvgIpc) is 2.95. The third-order valence-corrected chi connectivity index (χ3v) is 6.32. The van der Waals surface area contributed by atoms with Crippen LogP contribution in [0.25, 0.3) is 11.3 Å². The van der Waals surface area contributed by atoms with Crippen LogP contribution < -0.4 is 16.0 Å². The number of amides is 2. The molecule has 1 atom stereocenters. The van der Waals surface area contributed by atoms with Gasteiger partial charge in [-0.3, -0.25) is 4.79 Å². The van der Waals surface area contributed by atoms with Gasteiger partial charge in [0.1, 0.15) is 11.6 Å². The van der Waals surface area contributed by atoms with Crippen LogP contribution in [0, 0.1) is 17.1 Å². The molecule has 0 saturated carbocycles. The van der Waals surface area contributed by atoms with E-state index in [0.717, 1.165) is 5.56 Å². The van der Waals surface area contributed by atoms with Crippen LogP contribution in [0.1, 0.15) is 21.5 Å². The highest BCUT2D eigenvalue weighted by atomic mass is 19.1. The molecule has 38 heavy (non-hydrogen) atoms. The lowest BCUT2D eigenvalue weighted by molar-refractivity contribution is 0.0850. The molecule has 0 radical (unpaired) electrons. The lowest BCUT2D eigenvalue weighted by atomic mass is 10.0. The van der Waals surface area contributed by atoms with E-state index in [1.165, 1.54) is 19.2 Å². The molecule has 2 heterocycles. The van der Waals surface area contributed by atoms with Gasteiger partial charge in [-0.2, -0.15) is 5.26 Å². The smallest absolute Gasteiger partial charge is 0.409 e. The fraction of sp³-hybridized carbons (Fsp3) is 0.286. The van der Waals surface area contributed by atoms with Gasteiger partial charge < -0.3 is 25.6 Å². The monoisotopic (exact) mass is 516 g/mol. The summed E-state index contributed by atoms with van der Waals surface area (Å²) in [7, 11) is 1.33. The summed E-state index contributed by atoms with van der Waals surface area (Å²) in [6.07, 6.45) is 0.0778. The highest BCUT2D eigenvalue weighted by Gasteiger charge is 2.28. The number of rotatable bonds is 8. The Labute approximate surface area is 220 Å². The number of nitrogens with one attached hydrogen (secondary N) is 3. The first kappa shape index (κ1) is 26.6. The fourth-order valence-corrected chi connectivity index (χ4v) is 4.36. The third-order valence-electron chi connectivity index (χ3n) is 6.32. The van der Waals surface area contributed by atoms with Crippen LogP contribution in [0.3, 0.4) is 0 Å². The van der Waals surface area contributed by atoms with Gasteiger partial charge in [0.2, 0.25) is 0 Å². The van der Waals surface area contributed by atoms with E-state index in [1.54, 1.807) is 41.3 Å². The maximum atomic E-state index is 13.6. The zero-order valence-corrected chi connectivity index (χ0v) is 21.0. The van der Waals surface area contributed by atoms with E-state index < -0.39 is 6.09 Å². The summed E-state index contributed by atoms with van der Waals surface area (Å²) < 4.78 is 18.5. The van der Waals surface area contributed by atoms with Crippen LogP contribution in [0.5, 0.6) is 0 Å². The van der Waals surface area contributed by atoms with Crippen molar-refractivity contribution in [3.05, 3.63) is 83.2 Å². The van der Waals surface area contributed by atoms with E-state index in [2.05, 4.69) is 27.0 Å². The molecule has 1 aliphatic heterocycles. The largest absolute Gasteiger partial charge is 0.453 e. The average molecular weight is 517 g/mol. The van der Waals surface area contributed by atoms with Crippen LogP contribution in [0.2, 0.25) is 0 Å². The summed E-state index contributed by atoms with van der Waals surface area (Å²) in [6.45, 7) is 2.28. The number of carbonyl (C=O) groups is 2. The van der Waals surface area contributed by atoms with Crippen LogP contribution >= 0.6 is 0 Å². The Morgan fingerprint density at radius 2 is 2.05 bits per heavy atom. The van der Waals surface area contributed by atoms with Crippen LogP contribution in [-0.4, -0.2) is 67.8 Å². The molecule has 0 aliphatic carbocycles. The molecule has 4 rings (SSSR count). The minimum atomic E-state index is -0.437. The van der Waals surface area contributed by atoms with Crippen molar-refractivity contribution >= 4 is 17.8 Å². The van der Waals surface area contributed by atoms with Crippen LogP contribution in [-0.2, 0) is 11.2 Å². The van der Waals surface area contributed by atoms with Gasteiger partial charge in [-0.15, -0.1) is 0 Å². The first-order chi connectivity index (χ1) is 18.5. The fourth-order valence-electron chi connectivity index (χ4n) is 4.36. The normalized spacial score (nSPS) is 14.9. The summed E-state index contributed by atoms with van der Waals surface area (Å²) in [5.41, 5.74) is 2.78. The molecule has 196 valence electrons. The number of nitrogens with zero attached hydrogens (tertiary/aromatic N) is 3. The number of benzene rings is 2. The van der Waals surface area contributed by atoms with Crippen molar-refractivity contribution in [1.29, 1.82) is 5.26 Å². The van der Waals surface area contributed by atoms with Crippen molar-refractivity contribution in [3.8, 4) is 17.3 Å². The predicted molar refractivity (Wildman–Crippen MR) is 141 cm³/mol. The van der Waals surface area contributed by atoms with Gasteiger partial charge in [-0.05, 0) is 42.3 Å². The topological polar surface area (TPSA) is 119 Å². The van der Waals surface area contributed by atoms with Gasteiger partial charge in [0, 0.05) is 38.3 Å². The van der Waals surface area contributed by atoms with Crippen molar-refractivity contribution in [2.75, 3.05) is 45.2 Å². The molecule has 0 bridgehead atoms. The van der Waals surface area contributed by atoms with E-state index >= 15 is 0 Å². The van der Waals surface area contributed by atoms with Crippen molar-refractivity contribution < 1.29 is 18.7 Å². The number of pyridine rings is 1. The number of piperazine rings is 1. The molecule has 3 aromatic rings. The number of anilines is 1. The number of hydrogen-bond acceptors (Lipinski definition) is 7. The predicted octanol–water partition coefficient (Wildman–Crippen LogP) is 3.18. The van der Waals surface area contributed by atoms with Gasteiger partial charge in [0.25, 0.3) is 5.91 Å². The second-order valence-corrected chi connectivity index (χ2v) is 8.79. The number of methoxy groups -OCH3 is 1. The van der Waals surface area contributed by atoms with E-state index in [1.807, 2.05) is 12.1 Å². The van der Waals surface area contributed by atoms with Gasteiger partial charge in [-0.1, -0.05) is 30.3 Å². The Bertz CT molecular complexity index is 1340. The van der Waals surface area contributed by atoms with E-state index in [9.17, 15) is 19.2 Å². The number of hydrogen-bond donors (Lipinski definition) is 3. The number of nitriles is 1. The first-order valence-corrected chi connectivity index (χ1v) is 12.3. The summed E-state index contributed by atoms with van der Waals surface area (Å²) >= 11 is 0. The first-order valence-electron chi connectivity index (χ1n) is 12.3. The zero-order chi connectivity index (χ0) is 26.9. The SMILES string of the molecule is COC(=O)N1CCNC[C@@H]1CNC(=O)c1ccc(-c2ccccc2C#N)nc1NCCc1cccc(F)c1. The molecule has 1 aromatic heterocycles. The van der Waals surface area contributed by atoms with Gasteiger partial charge >= 0.3 is 6.09 Å². The minimum absolute atomic E-state index is 0.225. The Hall–Kier alpha value is -4.49. The molecular weight excluding hydrogens is 487 g/mol. The number of halogens is 1. The van der Waals surface area contributed by atoms with Crippen molar-refractivity contribution in [2.45, 2.75) is 12.5 Å². The number of carbonyl (C=O) groups excluding carboxylic acids is 2. The van der Waals surface area contributed by atoms with Crippen molar-refractivity contribution in [2.24, 2.45) is 0 Å². The maximum absolute atomic E-state index is 13.6. The summed E-state index contributed by atoms with van der Waals surface area (Å²) in [6, 6.07) is 18.7. The van der Waals surface area contributed by atoms with Crippen LogP contribution in [0.15, 0.2) is 60.7 Å². The second kappa shape index (κ2) is 12.7. The van der Waals surface area contributed by atoms with Gasteiger partial charge in [0.05, 0.1) is 36.0 Å². The Balaban J connectivity index is 1.55. The molecule has 3 N–H and O–H groups in total. The summed E-state index contributed by atoms with van der Waals surface area (Å²) in [4.78, 5) is 31.6. The molecule has 9 nitrogen and oxygen atoms in total. The molecule has 1 fully saturated rings. The lowest BCUT2D eigenvalue weighted by Crippen LogP contribution is -2.57. The standard InChI is InChI=1S/C28H29FN6O3/c1-38-28(37)35-14-13-31-17-22(35)18-33-27(36)24-9-10-25(23-8-3-2-6-20(23)16-30)34-26(24)32-12-11-19-5-4-7-21(29)15-19/h2-10,15,22,31H,11-14,17-18H2,1H3,(H,32,34)(H,33,36)/t22-/m1/s1. The highest BCUT2D eigenvalue weighted by Crippen LogP contribution is 2.25. The molecule has 10 heteroatoms. The second-order valence-electron chi connectivity index (χ2n) is 8.79. The zero-order valence-electron chi connectivity index (χ0n) is 21.0. The van der Waals surface area contributed by atoms with Crippen molar-refractivity contribution in [1.82, 2.24) is 20.5 Å². The molecule has 0 unspecified atom stereocenters.